The first kappa shape index (κ1) is 21.3. The van der Waals surface area contributed by atoms with E-state index in [1.54, 1.807) is 11.8 Å². The van der Waals surface area contributed by atoms with E-state index in [1.807, 2.05) is 21.9 Å². The van der Waals surface area contributed by atoms with Gasteiger partial charge in [-0.15, -0.1) is 11.8 Å². The fourth-order valence-electron chi connectivity index (χ4n) is 4.51. The Morgan fingerprint density at radius 1 is 0.933 bits per heavy atom. The molecule has 0 unspecified atom stereocenters. The molecule has 2 aromatic rings. The van der Waals surface area contributed by atoms with Gasteiger partial charge in [-0.2, -0.15) is 0 Å². The van der Waals surface area contributed by atoms with Gasteiger partial charge in [-0.1, -0.05) is 38.0 Å². The normalized spacial score (nSPS) is 18.6. The lowest BCUT2D eigenvalue weighted by Crippen LogP contribution is -2.39. The summed E-state index contributed by atoms with van der Waals surface area (Å²) in [5.74, 6) is 1.61. The molecule has 2 aliphatic rings. The van der Waals surface area contributed by atoms with Crippen LogP contribution in [0.3, 0.4) is 0 Å². The summed E-state index contributed by atoms with van der Waals surface area (Å²) >= 11 is 1.61. The number of carbonyl (C=O) groups excluding carboxylic acids is 2. The monoisotopic (exact) mass is 427 g/mol. The predicted molar refractivity (Wildman–Crippen MR) is 123 cm³/mol. The molecular formula is C24H33N3O2S. The number of hydrogen-bond donors (Lipinski definition) is 0. The van der Waals surface area contributed by atoms with Gasteiger partial charge in [0, 0.05) is 48.2 Å². The number of rotatable bonds is 5. The van der Waals surface area contributed by atoms with Crippen molar-refractivity contribution in [3.8, 4) is 0 Å². The van der Waals surface area contributed by atoms with Crippen LogP contribution < -0.4 is 0 Å². The summed E-state index contributed by atoms with van der Waals surface area (Å²) < 4.78 is 2.06. The molecule has 162 valence electrons. The van der Waals surface area contributed by atoms with Crippen molar-refractivity contribution in [2.75, 3.05) is 31.9 Å². The van der Waals surface area contributed by atoms with Crippen molar-refractivity contribution in [2.45, 2.75) is 56.9 Å². The highest BCUT2D eigenvalue weighted by molar-refractivity contribution is 8.00. The van der Waals surface area contributed by atoms with Gasteiger partial charge < -0.3 is 14.4 Å². The molecule has 0 N–H and O–H groups in total. The Morgan fingerprint density at radius 3 is 2.33 bits per heavy atom. The van der Waals surface area contributed by atoms with Gasteiger partial charge in [0.15, 0.2) is 0 Å². The fraction of sp³-hybridized carbons (Fsp3) is 0.583. The summed E-state index contributed by atoms with van der Waals surface area (Å²) in [5.41, 5.74) is 1.07. The zero-order valence-electron chi connectivity index (χ0n) is 18.0. The van der Waals surface area contributed by atoms with Crippen LogP contribution in [0.2, 0.25) is 0 Å². The Balaban J connectivity index is 1.44. The highest BCUT2D eigenvalue weighted by atomic mass is 32.2. The number of thioether (sulfide) groups is 1. The Bertz CT molecular complexity index is 878. The molecule has 0 bridgehead atoms. The van der Waals surface area contributed by atoms with Crippen molar-refractivity contribution in [3.63, 3.8) is 0 Å². The summed E-state index contributed by atoms with van der Waals surface area (Å²) in [4.78, 5) is 30.7. The van der Waals surface area contributed by atoms with Gasteiger partial charge in [0.1, 0.15) is 6.54 Å². The highest BCUT2D eigenvalue weighted by Gasteiger charge is 2.22. The Kier molecular flexibility index (Phi) is 7.03. The zero-order valence-corrected chi connectivity index (χ0v) is 18.8. The molecule has 2 fully saturated rings. The molecular weight excluding hydrogens is 394 g/mol. The molecule has 0 spiro atoms. The summed E-state index contributed by atoms with van der Waals surface area (Å²) in [6.45, 7) is 6.15. The lowest BCUT2D eigenvalue weighted by Gasteiger charge is -2.30. The van der Waals surface area contributed by atoms with Gasteiger partial charge in [-0.25, -0.2) is 0 Å². The molecule has 6 heteroatoms. The van der Waals surface area contributed by atoms with Gasteiger partial charge in [0.05, 0.1) is 5.75 Å². The molecule has 0 aliphatic carbocycles. The SMILES string of the molecule is CC1CCN(C(=O)Cn2cc(SCC(=O)N3CCCCCC3)c3ccccc32)CC1. The third kappa shape index (κ3) is 5.02. The number of hydrogen-bond acceptors (Lipinski definition) is 3. The molecule has 5 nitrogen and oxygen atoms in total. The summed E-state index contributed by atoms with van der Waals surface area (Å²) in [6.07, 6.45) is 8.95. The first-order valence-electron chi connectivity index (χ1n) is 11.4. The average molecular weight is 428 g/mol. The van der Waals surface area contributed by atoms with Crippen molar-refractivity contribution in [2.24, 2.45) is 5.92 Å². The number of carbonyl (C=O) groups is 2. The van der Waals surface area contributed by atoms with E-state index < -0.39 is 0 Å². The van der Waals surface area contributed by atoms with Gasteiger partial charge in [-0.05, 0) is 37.7 Å². The van der Waals surface area contributed by atoms with Gasteiger partial charge in [-0.3, -0.25) is 9.59 Å². The van der Waals surface area contributed by atoms with Crippen molar-refractivity contribution < 1.29 is 9.59 Å². The minimum absolute atomic E-state index is 0.194. The Hall–Kier alpha value is -1.95. The van der Waals surface area contributed by atoms with Crippen LogP contribution in [0, 0.1) is 5.92 Å². The predicted octanol–water partition coefficient (Wildman–Crippen LogP) is 4.39. The lowest BCUT2D eigenvalue weighted by atomic mass is 9.99. The number of fused-ring (bicyclic) bond motifs is 1. The van der Waals surface area contributed by atoms with Gasteiger partial charge in [0.2, 0.25) is 11.8 Å². The lowest BCUT2D eigenvalue weighted by molar-refractivity contribution is -0.133. The van der Waals surface area contributed by atoms with Crippen LogP contribution in [0.5, 0.6) is 0 Å². The minimum Gasteiger partial charge on any atom is -0.342 e. The van der Waals surface area contributed by atoms with Crippen LogP contribution in [-0.2, 0) is 16.1 Å². The number of para-hydroxylation sites is 1. The van der Waals surface area contributed by atoms with E-state index in [0.717, 1.165) is 67.7 Å². The van der Waals surface area contributed by atoms with Crippen molar-refractivity contribution in [3.05, 3.63) is 30.5 Å². The molecule has 4 rings (SSSR count). The molecule has 0 atom stereocenters. The first-order chi connectivity index (χ1) is 14.6. The minimum atomic E-state index is 0.194. The van der Waals surface area contributed by atoms with E-state index in [2.05, 4.69) is 29.8 Å². The molecule has 2 aliphatic heterocycles. The maximum atomic E-state index is 12.9. The van der Waals surface area contributed by atoms with E-state index >= 15 is 0 Å². The van der Waals surface area contributed by atoms with Crippen LogP contribution >= 0.6 is 11.8 Å². The average Bonchev–Trinajstić information content (AvgIpc) is 2.93. The van der Waals surface area contributed by atoms with Crippen LogP contribution in [0.25, 0.3) is 10.9 Å². The van der Waals surface area contributed by atoms with Crippen molar-refractivity contribution >= 4 is 34.5 Å². The third-order valence-corrected chi connectivity index (χ3v) is 7.53. The topological polar surface area (TPSA) is 45.6 Å². The number of nitrogens with zero attached hydrogens (tertiary/aromatic N) is 3. The third-order valence-electron chi connectivity index (χ3n) is 6.50. The number of aromatic nitrogens is 1. The number of piperidine rings is 1. The van der Waals surface area contributed by atoms with Crippen molar-refractivity contribution in [1.82, 2.24) is 14.4 Å². The van der Waals surface area contributed by atoms with E-state index in [0.29, 0.717) is 18.2 Å². The van der Waals surface area contributed by atoms with E-state index in [-0.39, 0.29) is 11.8 Å². The maximum absolute atomic E-state index is 12.9. The second-order valence-corrected chi connectivity index (χ2v) is 9.80. The quantitative estimate of drug-likeness (QED) is 0.665. The number of benzene rings is 1. The maximum Gasteiger partial charge on any atom is 0.242 e. The second kappa shape index (κ2) is 9.90. The Morgan fingerprint density at radius 2 is 1.60 bits per heavy atom. The van der Waals surface area contributed by atoms with Crippen LogP contribution in [0.1, 0.15) is 45.4 Å². The summed E-state index contributed by atoms with van der Waals surface area (Å²) in [7, 11) is 0. The molecule has 0 saturated carbocycles. The van der Waals surface area contributed by atoms with Crippen LogP contribution in [0.15, 0.2) is 35.4 Å². The van der Waals surface area contributed by atoms with E-state index in [9.17, 15) is 9.59 Å². The number of amides is 2. The van der Waals surface area contributed by atoms with Gasteiger partial charge >= 0.3 is 0 Å². The van der Waals surface area contributed by atoms with Gasteiger partial charge in [0.25, 0.3) is 0 Å². The summed E-state index contributed by atoms with van der Waals surface area (Å²) in [5, 5.41) is 1.13. The fourth-order valence-corrected chi connectivity index (χ4v) is 5.50. The second-order valence-electron chi connectivity index (χ2n) is 8.79. The summed E-state index contributed by atoms with van der Waals surface area (Å²) in [6, 6.07) is 8.21. The zero-order chi connectivity index (χ0) is 20.9. The van der Waals surface area contributed by atoms with E-state index in [4.69, 9.17) is 0 Å². The molecule has 0 radical (unpaired) electrons. The molecule has 30 heavy (non-hydrogen) atoms. The Labute approximate surface area is 183 Å². The molecule has 2 amide bonds. The number of likely N-dealkylation sites (tertiary alicyclic amines) is 2. The molecule has 1 aromatic carbocycles. The highest BCUT2D eigenvalue weighted by Crippen LogP contribution is 2.30. The molecule has 1 aromatic heterocycles. The standard InChI is InChI=1S/C24H33N3O2S/c1-19-10-14-26(15-11-19)23(28)17-27-16-22(20-8-4-5-9-21(20)27)30-18-24(29)25-12-6-2-3-7-13-25/h4-5,8-9,16,19H,2-3,6-7,10-15,17-18H2,1H3. The largest absolute Gasteiger partial charge is 0.342 e. The van der Waals surface area contributed by atoms with Crippen LogP contribution in [0.4, 0.5) is 0 Å². The molecule has 3 heterocycles. The smallest absolute Gasteiger partial charge is 0.242 e. The van der Waals surface area contributed by atoms with Crippen molar-refractivity contribution in [1.29, 1.82) is 0 Å². The van der Waals surface area contributed by atoms with E-state index in [1.165, 1.54) is 12.8 Å². The molecule has 2 saturated heterocycles. The first-order valence-corrected chi connectivity index (χ1v) is 12.4. The van der Waals surface area contributed by atoms with Crippen LogP contribution in [-0.4, -0.2) is 58.1 Å².